The average molecular weight is 333 g/mol. The first-order valence-corrected chi connectivity index (χ1v) is 7.34. The minimum Gasteiger partial charge on any atom is -0.496 e. The van der Waals surface area contributed by atoms with Gasteiger partial charge in [-0.25, -0.2) is 0 Å². The van der Waals surface area contributed by atoms with E-state index in [0.717, 1.165) is 22.2 Å². The van der Waals surface area contributed by atoms with E-state index < -0.39 is 0 Å². The maximum Gasteiger partial charge on any atom is 0.194 e. The number of ketones is 1. The van der Waals surface area contributed by atoms with Crippen LogP contribution in [0.5, 0.6) is 5.75 Å². The van der Waals surface area contributed by atoms with Gasteiger partial charge < -0.3 is 4.74 Å². The van der Waals surface area contributed by atoms with Crippen LogP contribution in [0.2, 0.25) is 0 Å². The lowest BCUT2D eigenvalue weighted by atomic mass is 10.00. The van der Waals surface area contributed by atoms with E-state index >= 15 is 0 Å². The zero-order valence-electron chi connectivity index (χ0n) is 11.9. The minimum atomic E-state index is 0.0188. The van der Waals surface area contributed by atoms with Gasteiger partial charge in [-0.3, -0.25) is 4.79 Å². The van der Waals surface area contributed by atoms with Crippen LogP contribution >= 0.6 is 15.9 Å². The fourth-order valence-electron chi connectivity index (χ4n) is 2.10. The van der Waals surface area contributed by atoms with E-state index in [4.69, 9.17) is 4.74 Å². The molecule has 0 saturated heterocycles. The first kappa shape index (κ1) is 14.8. The normalized spacial score (nSPS) is 10.4. The molecule has 0 aliphatic rings. The number of methoxy groups -OCH3 is 1. The number of rotatable bonds is 4. The van der Waals surface area contributed by atoms with Crippen LogP contribution in [-0.4, -0.2) is 12.9 Å². The summed E-state index contributed by atoms with van der Waals surface area (Å²) in [7, 11) is 1.62. The number of hydrogen-bond donors (Lipinski definition) is 0. The summed E-state index contributed by atoms with van der Waals surface area (Å²) in [6.07, 6.45) is 0.972. The van der Waals surface area contributed by atoms with Crippen molar-refractivity contribution in [3.8, 4) is 5.75 Å². The van der Waals surface area contributed by atoms with E-state index in [0.29, 0.717) is 11.1 Å². The van der Waals surface area contributed by atoms with Crippen molar-refractivity contribution in [2.45, 2.75) is 20.3 Å². The lowest BCUT2D eigenvalue weighted by molar-refractivity contribution is 0.103. The second-order valence-corrected chi connectivity index (χ2v) is 5.54. The Morgan fingerprint density at radius 1 is 1.20 bits per heavy atom. The molecule has 2 rings (SSSR count). The van der Waals surface area contributed by atoms with Crippen molar-refractivity contribution in [1.82, 2.24) is 0 Å². The molecule has 2 nitrogen and oxygen atoms in total. The van der Waals surface area contributed by atoms with Gasteiger partial charge in [-0.15, -0.1) is 0 Å². The molecule has 0 N–H and O–H groups in total. The van der Waals surface area contributed by atoms with Crippen LogP contribution in [0.15, 0.2) is 40.9 Å². The van der Waals surface area contributed by atoms with E-state index in [1.54, 1.807) is 7.11 Å². The fraction of sp³-hybridized carbons (Fsp3) is 0.235. The van der Waals surface area contributed by atoms with Gasteiger partial charge in [-0.05, 0) is 52.5 Å². The molecular formula is C17H17BrO2. The summed E-state index contributed by atoms with van der Waals surface area (Å²) < 4.78 is 6.01. The summed E-state index contributed by atoms with van der Waals surface area (Å²) in [5.41, 5.74) is 3.54. The van der Waals surface area contributed by atoms with Crippen LogP contribution in [-0.2, 0) is 6.42 Å². The molecule has 104 valence electrons. The third-order valence-electron chi connectivity index (χ3n) is 3.35. The van der Waals surface area contributed by atoms with E-state index in [1.807, 2.05) is 43.3 Å². The van der Waals surface area contributed by atoms with Crippen molar-refractivity contribution < 1.29 is 9.53 Å². The Bertz CT molecular complexity index is 630. The van der Waals surface area contributed by atoms with Gasteiger partial charge in [0.2, 0.25) is 0 Å². The Morgan fingerprint density at radius 2 is 1.85 bits per heavy atom. The van der Waals surface area contributed by atoms with E-state index in [-0.39, 0.29) is 5.78 Å². The van der Waals surface area contributed by atoms with Gasteiger partial charge in [0, 0.05) is 15.6 Å². The van der Waals surface area contributed by atoms with Crippen molar-refractivity contribution >= 4 is 21.7 Å². The van der Waals surface area contributed by atoms with Crippen molar-refractivity contribution in [2.75, 3.05) is 7.11 Å². The van der Waals surface area contributed by atoms with Gasteiger partial charge in [0.15, 0.2) is 5.78 Å². The molecular weight excluding hydrogens is 316 g/mol. The number of benzene rings is 2. The highest BCUT2D eigenvalue weighted by Gasteiger charge is 2.15. The summed E-state index contributed by atoms with van der Waals surface area (Å²) >= 11 is 3.45. The third kappa shape index (κ3) is 2.93. The van der Waals surface area contributed by atoms with Gasteiger partial charge in [0.25, 0.3) is 0 Å². The lowest BCUT2D eigenvalue weighted by Crippen LogP contribution is -2.04. The summed E-state index contributed by atoms with van der Waals surface area (Å²) in [5.74, 6) is 0.792. The van der Waals surface area contributed by atoms with Crippen molar-refractivity contribution in [1.29, 1.82) is 0 Å². The molecule has 0 radical (unpaired) electrons. The first-order valence-electron chi connectivity index (χ1n) is 6.54. The standard InChI is InChI=1S/C17H17BrO2/c1-4-12-5-7-13(8-6-12)17(19)14-9-11(2)16(20-3)10-15(14)18/h5-10H,4H2,1-3H3. The number of hydrogen-bond acceptors (Lipinski definition) is 2. The summed E-state index contributed by atoms with van der Waals surface area (Å²) in [4.78, 5) is 12.5. The summed E-state index contributed by atoms with van der Waals surface area (Å²) in [5, 5.41) is 0. The van der Waals surface area contributed by atoms with Gasteiger partial charge >= 0.3 is 0 Å². The summed E-state index contributed by atoms with van der Waals surface area (Å²) in [6, 6.07) is 11.5. The van der Waals surface area contributed by atoms with E-state index in [9.17, 15) is 4.79 Å². The highest BCUT2D eigenvalue weighted by atomic mass is 79.9. The van der Waals surface area contributed by atoms with Crippen LogP contribution in [0.1, 0.15) is 34.0 Å². The molecule has 0 saturated carbocycles. The monoisotopic (exact) mass is 332 g/mol. The number of halogens is 1. The molecule has 0 aliphatic heterocycles. The Balaban J connectivity index is 2.39. The quantitative estimate of drug-likeness (QED) is 0.767. The van der Waals surface area contributed by atoms with Gasteiger partial charge in [-0.2, -0.15) is 0 Å². The van der Waals surface area contributed by atoms with Crippen LogP contribution < -0.4 is 4.74 Å². The smallest absolute Gasteiger partial charge is 0.194 e. The van der Waals surface area contributed by atoms with Gasteiger partial charge in [-0.1, -0.05) is 31.2 Å². The molecule has 0 unspecified atom stereocenters. The Hall–Kier alpha value is -1.61. The predicted molar refractivity (Wildman–Crippen MR) is 84.7 cm³/mol. The van der Waals surface area contributed by atoms with E-state index in [1.165, 1.54) is 5.56 Å². The highest BCUT2D eigenvalue weighted by molar-refractivity contribution is 9.10. The topological polar surface area (TPSA) is 26.3 Å². The maximum atomic E-state index is 12.5. The van der Waals surface area contributed by atoms with Crippen LogP contribution in [0.4, 0.5) is 0 Å². The van der Waals surface area contributed by atoms with Crippen LogP contribution in [0.25, 0.3) is 0 Å². The molecule has 0 spiro atoms. The Kier molecular flexibility index (Phi) is 4.61. The van der Waals surface area contributed by atoms with Gasteiger partial charge in [0.1, 0.15) is 5.75 Å². The molecule has 3 heteroatoms. The highest BCUT2D eigenvalue weighted by Crippen LogP contribution is 2.28. The largest absolute Gasteiger partial charge is 0.496 e. The van der Waals surface area contributed by atoms with Crippen molar-refractivity contribution in [3.63, 3.8) is 0 Å². The van der Waals surface area contributed by atoms with Crippen molar-refractivity contribution in [2.24, 2.45) is 0 Å². The van der Waals surface area contributed by atoms with Crippen LogP contribution in [0, 0.1) is 6.92 Å². The SMILES string of the molecule is CCc1ccc(C(=O)c2cc(C)c(OC)cc2Br)cc1. The minimum absolute atomic E-state index is 0.0188. The Morgan fingerprint density at radius 3 is 2.40 bits per heavy atom. The van der Waals surface area contributed by atoms with Gasteiger partial charge in [0.05, 0.1) is 7.11 Å². The predicted octanol–water partition coefficient (Wildman–Crippen LogP) is 4.56. The molecule has 0 atom stereocenters. The molecule has 2 aromatic carbocycles. The molecule has 0 amide bonds. The zero-order chi connectivity index (χ0) is 14.7. The van der Waals surface area contributed by atoms with Crippen LogP contribution in [0.3, 0.4) is 0 Å². The lowest BCUT2D eigenvalue weighted by Gasteiger charge is -2.10. The average Bonchev–Trinajstić information content (AvgIpc) is 2.48. The molecule has 2 aromatic rings. The number of carbonyl (C=O) groups is 1. The molecule has 0 fully saturated rings. The molecule has 0 aliphatic carbocycles. The number of ether oxygens (including phenoxy) is 1. The van der Waals surface area contributed by atoms with Crippen molar-refractivity contribution in [3.05, 3.63) is 63.1 Å². The number of carbonyl (C=O) groups excluding carboxylic acids is 1. The first-order chi connectivity index (χ1) is 9.56. The molecule has 0 aromatic heterocycles. The summed E-state index contributed by atoms with van der Waals surface area (Å²) in [6.45, 7) is 4.03. The van der Waals surface area contributed by atoms with E-state index in [2.05, 4.69) is 22.9 Å². The third-order valence-corrected chi connectivity index (χ3v) is 4.01. The molecule has 20 heavy (non-hydrogen) atoms. The second kappa shape index (κ2) is 6.23. The maximum absolute atomic E-state index is 12.5. The fourth-order valence-corrected chi connectivity index (χ4v) is 2.61. The molecule has 0 bridgehead atoms. The number of aryl methyl sites for hydroxylation is 2. The zero-order valence-corrected chi connectivity index (χ0v) is 13.5. The second-order valence-electron chi connectivity index (χ2n) is 4.68. The Labute approximate surface area is 127 Å². The molecule has 0 heterocycles.